The first-order chi connectivity index (χ1) is 9.60. The lowest BCUT2D eigenvalue weighted by Crippen LogP contribution is -2.44. The highest BCUT2D eigenvalue weighted by atomic mass is 16.4. The van der Waals surface area contributed by atoms with Gasteiger partial charge < -0.3 is 15.1 Å². The number of amides is 1. The van der Waals surface area contributed by atoms with E-state index in [0.29, 0.717) is 11.8 Å². The Balaban J connectivity index is 1.73. The Morgan fingerprint density at radius 2 is 1.45 bits per heavy atom. The SMILES string of the molecule is O=C(O)CN1CCC(C2CCN(C(=O)CO)CC2)CC1. The van der Waals surface area contributed by atoms with Crippen LogP contribution in [0.4, 0.5) is 0 Å². The monoisotopic (exact) mass is 284 g/mol. The summed E-state index contributed by atoms with van der Waals surface area (Å²) in [7, 11) is 0. The third-order valence-corrected chi connectivity index (χ3v) is 4.69. The van der Waals surface area contributed by atoms with E-state index in [2.05, 4.69) is 0 Å². The van der Waals surface area contributed by atoms with Gasteiger partial charge in [-0.25, -0.2) is 0 Å². The molecule has 0 bridgehead atoms. The van der Waals surface area contributed by atoms with E-state index >= 15 is 0 Å². The van der Waals surface area contributed by atoms with Crippen LogP contribution in [0.2, 0.25) is 0 Å². The molecule has 1 amide bonds. The summed E-state index contributed by atoms with van der Waals surface area (Å²) in [5.74, 6) is 0.384. The van der Waals surface area contributed by atoms with Gasteiger partial charge in [-0.3, -0.25) is 14.5 Å². The molecule has 20 heavy (non-hydrogen) atoms. The Hall–Kier alpha value is -1.14. The molecule has 2 aliphatic heterocycles. The number of carbonyl (C=O) groups is 2. The molecule has 0 aromatic rings. The Bertz CT molecular complexity index is 345. The van der Waals surface area contributed by atoms with Crippen LogP contribution in [0, 0.1) is 11.8 Å². The van der Waals surface area contributed by atoms with Gasteiger partial charge in [0, 0.05) is 13.1 Å². The second-order valence-corrected chi connectivity index (χ2v) is 5.88. The van der Waals surface area contributed by atoms with E-state index in [0.717, 1.165) is 51.9 Å². The highest BCUT2D eigenvalue weighted by Gasteiger charge is 2.30. The van der Waals surface area contributed by atoms with E-state index < -0.39 is 12.6 Å². The molecule has 2 heterocycles. The third-order valence-electron chi connectivity index (χ3n) is 4.69. The first kappa shape index (κ1) is 15.3. The Kier molecular flexibility index (Phi) is 5.37. The van der Waals surface area contributed by atoms with Gasteiger partial charge >= 0.3 is 5.97 Å². The number of piperidine rings is 2. The molecule has 0 unspecified atom stereocenters. The molecule has 2 aliphatic rings. The summed E-state index contributed by atoms with van der Waals surface area (Å²) >= 11 is 0. The van der Waals surface area contributed by atoms with Crippen LogP contribution in [0.3, 0.4) is 0 Å². The van der Waals surface area contributed by atoms with E-state index in [-0.39, 0.29) is 12.5 Å². The minimum atomic E-state index is -0.751. The Morgan fingerprint density at radius 3 is 1.90 bits per heavy atom. The Morgan fingerprint density at radius 1 is 0.950 bits per heavy atom. The van der Waals surface area contributed by atoms with Gasteiger partial charge in [0.15, 0.2) is 0 Å². The normalized spacial score (nSPS) is 22.9. The quantitative estimate of drug-likeness (QED) is 0.760. The smallest absolute Gasteiger partial charge is 0.317 e. The molecule has 2 rings (SSSR count). The molecule has 6 nitrogen and oxygen atoms in total. The van der Waals surface area contributed by atoms with Crippen LogP contribution >= 0.6 is 0 Å². The average molecular weight is 284 g/mol. The largest absolute Gasteiger partial charge is 0.480 e. The second-order valence-electron chi connectivity index (χ2n) is 5.88. The molecule has 2 saturated heterocycles. The second kappa shape index (κ2) is 7.04. The van der Waals surface area contributed by atoms with Gasteiger partial charge in [-0.2, -0.15) is 0 Å². The molecule has 0 radical (unpaired) electrons. The summed E-state index contributed by atoms with van der Waals surface area (Å²) in [6.07, 6.45) is 4.14. The predicted octanol–water partition coefficient (Wildman–Crippen LogP) is 0.0139. The van der Waals surface area contributed by atoms with Crippen molar-refractivity contribution in [2.24, 2.45) is 11.8 Å². The number of rotatable bonds is 4. The molecule has 6 heteroatoms. The lowest BCUT2D eigenvalue weighted by molar-refractivity contribution is -0.138. The number of aliphatic carboxylic acids is 1. The maximum atomic E-state index is 11.4. The number of hydrogen-bond acceptors (Lipinski definition) is 4. The zero-order chi connectivity index (χ0) is 14.5. The van der Waals surface area contributed by atoms with Crippen LogP contribution in [-0.4, -0.2) is 71.2 Å². The summed E-state index contributed by atoms with van der Waals surface area (Å²) in [5.41, 5.74) is 0. The summed E-state index contributed by atoms with van der Waals surface area (Å²) in [6.45, 7) is 2.99. The number of likely N-dealkylation sites (tertiary alicyclic amines) is 2. The van der Waals surface area contributed by atoms with Crippen molar-refractivity contribution in [2.75, 3.05) is 39.3 Å². The fourth-order valence-corrected chi connectivity index (χ4v) is 3.49. The standard InChI is InChI=1S/C14H24N2O4/c17-10-13(18)16-7-3-12(4-8-16)11-1-5-15(6-2-11)9-14(19)20/h11-12,17H,1-10H2,(H,19,20). The average Bonchev–Trinajstić information content (AvgIpc) is 2.47. The van der Waals surface area contributed by atoms with Gasteiger partial charge in [0.2, 0.25) is 5.91 Å². The minimum absolute atomic E-state index is 0.149. The van der Waals surface area contributed by atoms with E-state index in [9.17, 15) is 9.59 Å². The molecule has 2 N–H and O–H groups in total. The number of carbonyl (C=O) groups excluding carboxylic acids is 1. The fraction of sp³-hybridized carbons (Fsp3) is 0.857. The number of aliphatic hydroxyl groups is 1. The summed E-state index contributed by atoms with van der Waals surface area (Å²) in [4.78, 5) is 25.8. The molecule has 114 valence electrons. The zero-order valence-electron chi connectivity index (χ0n) is 11.8. The van der Waals surface area contributed by atoms with Crippen LogP contribution in [0.25, 0.3) is 0 Å². The van der Waals surface area contributed by atoms with Gasteiger partial charge in [0.1, 0.15) is 6.61 Å². The first-order valence-electron chi connectivity index (χ1n) is 7.43. The van der Waals surface area contributed by atoms with Crippen LogP contribution in [0.1, 0.15) is 25.7 Å². The topological polar surface area (TPSA) is 81.1 Å². The number of nitrogens with zero attached hydrogens (tertiary/aromatic N) is 2. The molecule has 0 spiro atoms. The highest BCUT2D eigenvalue weighted by molar-refractivity contribution is 5.77. The Labute approximate surface area is 119 Å². The van der Waals surface area contributed by atoms with Crippen molar-refractivity contribution in [3.05, 3.63) is 0 Å². The molecule has 0 aromatic carbocycles. The molecular formula is C14H24N2O4. The van der Waals surface area contributed by atoms with Gasteiger partial charge in [0.05, 0.1) is 6.54 Å². The van der Waals surface area contributed by atoms with E-state index in [1.54, 1.807) is 4.90 Å². The lowest BCUT2D eigenvalue weighted by atomic mass is 9.79. The minimum Gasteiger partial charge on any atom is -0.480 e. The maximum Gasteiger partial charge on any atom is 0.317 e. The van der Waals surface area contributed by atoms with Crippen LogP contribution in [0.15, 0.2) is 0 Å². The first-order valence-corrected chi connectivity index (χ1v) is 7.43. The van der Waals surface area contributed by atoms with E-state index in [4.69, 9.17) is 10.2 Å². The van der Waals surface area contributed by atoms with Crippen LogP contribution in [0.5, 0.6) is 0 Å². The number of carboxylic acids is 1. The van der Waals surface area contributed by atoms with Crippen molar-refractivity contribution in [3.8, 4) is 0 Å². The number of hydrogen-bond donors (Lipinski definition) is 2. The van der Waals surface area contributed by atoms with Crippen molar-refractivity contribution in [1.29, 1.82) is 0 Å². The molecule has 0 atom stereocenters. The molecule has 0 saturated carbocycles. The third kappa shape index (κ3) is 3.93. The van der Waals surface area contributed by atoms with Crippen LogP contribution < -0.4 is 0 Å². The molecule has 2 fully saturated rings. The molecule has 0 aromatic heterocycles. The molecule has 0 aliphatic carbocycles. The molecular weight excluding hydrogens is 260 g/mol. The van der Waals surface area contributed by atoms with Gasteiger partial charge in [-0.15, -0.1) is 0 Å². The number of carboxylic acid groups (broad SMARTS) is 1. The van der Waals surface area contributed by atoms with Gasteiger partial charge in [0.25, 0.3) is 0 Å². The van der Waals surface area contributed by atoms with Gasteiger partial charge in [-0.05, 0) is 50.6 Å². The maximum absolute atomic E-state index is 11.4. The van der Waals surface area contributed by atoms with Gasteiger partial charge in [-0.1, -0.05) is 0 Å². The summed E-state index contributed by atoms with van der Waals surface area (Å²) < 4.78 is 0. The fourth-order valence-electron chi connectivity index (χ4n) is 3.49. The van der Waals surface area contributed by atoms with Crippen molar-refractivity contribution < 1.29 is 19.8 Å². The zero-order valence-corrected chi connectivity index (χ0v) is 11.8. The summed E-state index contributed by atoms with van der Waals surface area (Å²) in [5, 5.41) is 17.6. The predicted molar refractivity (Wildman–Crippen MR) is 73.2 cm³/mol. The van der Waals surface area contributed by atoms with E-state index in [1.807, 2.05) is 4.90 Å². The van der Waals surface area contributed by atoms with Crippen molar-refractivity contribution in [1.82, 2.24) is 9.80 Å². The summed E-state index contributed by atoms with van der Waals surface area (Å²) in [6, 6.07) is 0. The number of aliphatic hydroxyl groups excluding tert-OH is 1. The highest BCUT2D eigenvalue weighted by Crippen LogP contribution is 2.32. The van der Waals surface area contributed by atoms with Crippen molar-refractivity contribution in [3.63, 3.8) is 0 Å². The van der Waals surface area contributed by atoms with Crippen molar-refractivity contribution >= 4 is 11.9 Å². The van der Waals surface area contributed by atoms with E-state index in [1.165, 1.54) is 0 Å². The van der Waals surface area contributed by atoms with Crippen LogP contribution in [-0.2, 0) is 9.59 Å². The van der Waals surface area contributed by atoms with Crippen molar-refractivity contribution in [2.45, 2.75) is 25.7 Å². The lowest BCUT2D eigenvalue weighted by Gasteiger charge is -2.39.